The van der Waals surface area contributed by atoms with Crippen LogP contribution in [0.2, 0.25) is 0 Å². The van der Waals surface area contributed by atoms with Gasteiger partial charge in [0, 0.05) is 29.8 Å². The maximum Gasteiger partial charge on any atom is 0.249 e. The first kappa shape index (κ1) is 33.1. The minimum Gasteiger partial charge on any atom is -0.507 e. The van der Waals surface area contributed by atoms with E-state index in [0.717, 1.165) is 63.1 Å². The molecule has 3 aliphatic heterocycles. The molecular formula is C39H42FN7O4. The lowest BCUT2D eigenvalue weighted by Crippen LogP contribution is -2.54. The molecule has 12 heteroatoms. The molecule has 4 aliphatic rings. The SMILES string of the molecule is Nc1nnc(-c2ccccc2O)cc1-c1nccc(C2CCN([C@H]3CC[C@H](c4cccc5c4OCCN5[C@@H]4CCC(=O)NC4=O)CC3)CC2)c1F. The summed E-state index contributed by atoms with van der Waals surface area (Å²) in [6, 6.07) is 16.6. The zero-order valence-corrected chi connectivity index (χ0v) is 28.4. The van der Waals surface area contributed by atoms with Crippen molar-refractivity contribution in [3.8, 4) is 34.0 Å². The summed E-state index contributed by atoms with van der Waals surface area (Å²) in [5.41, 5.74) is 10.3. The molecule has 3 fully saturated rings. The molecule has 4 N–H and O–H groups in total. The molecule has 0 unspecified atom stereocenters. The highest BCUT2D eigenvalue weighted by molar-refractivity contribution is 6.02. The lowest BCUT2D eigenvalue weighted by atomic mass is 9.79. The highest BCUT2D eigenvalue weighted by Gasteiger charge is 2.37. The molecule has 2 aromatic heterocycles. The van der Waals surface area contributed by atoms with Crippen LogP contribution in [0, 0.1) is 5.82 Å². The Kier molecular flexibility index (Phi) is 9.01. The Labute approximate surface area is 296 Å². The Morgan fingerprint density at radius 3 is 2.43 bits per heavy atom. The summed E-state index contributed by atoms with van der Waals surface area (Å²) in [5, 5.41) is 21.0. The molecule has 4 aromatic rings. The predicted molar refractivity (Wildman–Crippen MR) is 191 cm³/mol. The zero-order valence-electron chi connectivity index (χ0n) is 28.4. The lowest BCUT2D eigenvalue weighted by Gasteiger charge is -2.42. The summed E-state index contributed by atoms with van der Waals surface area (Å²) in [7, 11) is 0. The number of carbonyl (C=O) groups excluding carboxylic acids is 2. The van der Waals surface area contributed by atoms with E-state index >= 15 is 4.39 Å². The van der Waals surface area contributed by atoms with Crippen molar-refractivity contribution < 1.29 is 23.8 Å². The molecule has 1 atom stereocenters. The first-order valence-corrected chi connectivity index (χ1v) is 18.0. The van der Waals surface area contributed by atoms with Crippen LogP contribution in [0.25, 0.3) is 22.5 Å². The number of benzene rings is 2. The summed E-state index contributed by atoms with van der Waals surface area (Å²) in [4.78, 5) is 33.5. The van der Waals surface area contributed by atoms with Gasteiger partial charge in [-0.2, -0.15) is 0 Å². The number of phenolic OH excluding ortho intramolecular Hbond substituents is 1. The van der Waals surface area contributed by atoms with E-state index in [0.29, 0.717) is 60.3 Å². The van der Waals surface area contributed by atoms with E-state index in [1.54, 1.807) is 42.6 Å². The summed E-state index contributed by atoms with van der Waals surface area (Å²) in [6.07, 6.45) is 8.47. The van der Waals surface area contributed by atoms with Gasteiger partial charge in [-0.3, -0.25) is 19.9 Å². The van der Waals surface area contributed by atoms with Crippen molar-refractivity contribution in [3.05, 3.63) is 77.7 Å². The first-order chi connectivity index (χ1) is 24.9. The number of ether oxygens (including phenoxy) is 1. The van der Waals surface area contributed by atoms with Crippen LogP contribution in [-0.4, -0.2) is 75.3 Å². The molecule has 51 heavy (non-hydrogen) atoms. The number of fused-ring (bicyclic) bond motifs is 1. The van der Waals surface area contributed by atoms with E-state index in [4.69, 9.17) is 10.5 Å². The lowest BCUT2D eigenvalue weighted by molar-refractivity contribution is -0.134. The maximum absolute atomic E-state index is 16.2. The average Bonchev–Trinajstić information content (AvgIpc) is 3.15. The molecule has 264 valence electrons. The Balaban J connectivity index is 0.914. The highest BCUT2D eigenvalue weighted by atomic mass is 19.1. The van der Waals surface area contributed by atoms with Crippen LogP contribution in [-0.2, 0) is 9.59 Å². The van der Waals surface area contributed by atoms with Crippen molar-refractivity contribution in [1.82, 2.24) is 25.4 Å². The summed E-state index contributed by atoms with van der Waals surface area (Å²) < 4.78 is 22.5. The van der Waals surface area contributed by atoms with Gasteiger partial charge in [-0.05, 0) is 111 Å². The number of nitrogen functional groups attached to an aromatic ring is 1. The third kappa shape index (κ3) is 6.37. The van der Waals surface area contributed by atoms with Crippen molar-refractivity contribution in [1.29, 1.82) is 0 Å². The van der Waals surface area contributed by atoms with Crippen molar-refractivity contribution in [2.24, 2.45) is 0 Å². The molecule has 2 saturated heterocycles. The van der Waals surface area contributed by atoms with Crippen molar-refractivity contribution in [2.45, 2.75) is 75.3 Å². The Morgan fingerprint density at radius 2 is 1.65 bits per heavy atom. The number of pyridine rings is 1. The van der Waals surface area contributed by atoms with Gasteiger partial charge in [0.2, 0.25) is 11.8 Å². The largest absolute Gasteiger partial charge is 0.507 e. The summed E-state index contributed by atoms with van der Waals surface area (Å²) in [5.74, 6) is 0.641. The number of anilines is 2. The number of halogens is 1. The van der Waals surface area contributed by atoms with Gasteiger partial charge in [0.15, 0.2) is 11.6 Å². The van der Waals surface area contributed by atoms with Crippen LogP contribution >= 0.6 is 0 Å². The molecule has 2 aromatic carbocycles. The van der Waals surface area contributed by atoms with Gasteiger partial charge in [-0.25, -0.2) is 4.39 Å². The fourth-order valence-corrected chi connectivity index (χ4v) is 8.62. The molecule has 0 spiro atoms. The number of likely N-dealkylation sites (tertiary alicyclic amines) is 1. The van der Waals surface area contributed by atoms with Crippen LogP contribution in [0.3, 0.4) is 0 Å². The topological polar surface area (TPSA) is 147 Å². The first-order valence-electron chi connectivity index (χ1n) is 18.0. The number of nitrogens with zero attached hydrogens (tertiary/aromatic N) is 5. The summed E-state index contributed by atoms with van der Waals surface area (Å²) >= 11 is 0. The number of carbonyl (C=O) groups is 2. The molecule has 11 nitrogen and oxygen atoms in total. The molecule has 0 bridgehead atoms. The second-order valence-electron chi connectivity index (χ2n) is 14.1. The second-order valence-corrected chi connectivity index (χ2v) is 14.1. The van der Waals surface area contributed by atoms with E-state index in [1.165, 1.54) is 5.56 Å². The molecule has 0 radical (unpaired) electrons. The monoisotopic (exact) mass is 691 g/mol. The molecule has 2 amide bonds. The van der Waals surface area contributed by atoms with Crippen LogP contribution in [0.4, 0.5) is 15.9 Å². The number of phenols is 1. The van der Waals surface area contributed by atoms with Gasteiger partial charge in [0.05, 0.1) is 17.9 Å². The van der Waals surface area contributed by atoms with E-state index in [1.807, 2.05) is 6.07 Å². The van der Waals surface area contributed by atoms with Crippen molar-refractivity contribution in [2.75, 3.05) is 36.9 Å². The number of hydrogen-bond donors (Lipinski definition) is 3. The fraction of sp³-hybridized carbons (Fsp3) is 0.410. The average molecular weight is 692 g/mol. The minimum atomic E-state index is -0.385. The van der Waals surface area contributed by atoms with Crippen molar-refractivity contribution in [3.63, 3.8) is 0 Å². The predicted octanol–water partition coefficient (Wildman–Crippen LogP) is 5.54. The number of imide groups is 1. The van der Waals surface area contributed by atoms with E-state index in [-0.39, 0.29) is 46.9 Å². The van der Waals surface area contributed by atoms with E-state index < -0.39 is 0 Å². The van der Waals surface area contributed by atoms with Crippen LogP contribution in [0.5, 0.6) is 11.5 Å². The van der Waals surface area contributed by atoms with Gasteiger partial charge in [0.25, 0.3) is 0 Å². The van der Waals surface area contributed by atoms with Crippen molar-refractivity contribution >= 4 is 23.3 Å². The van der Waals surface area contributed by atoms with E-state index in [9.17, 15) is 14.7 Å². The second kappa shape index (κ2) is 13.9. The fourth-order valence-electron chi connectivity index (χ4n) is 8.62. The summed E-state index contributed by atoms with van der Waals surface area (Å²) in [6.45, 7) is 2.93. The molecule has 1 aliphatic carbocycles. The minimum absolute atomic E-state index is 0.0521. The maximum atomic E-state index is 16.2. The number of piperidine rings is 2. The Bertz CT molecular complexity index is 1960. The quantitative estimate of drug-likeness (QED) is 0.220. The van der Waals surface area contributed by atoms with Crippen LogP contribution in [0.15, 0.2) is 60.8 Å². The molecule has 8 rings (SSSR count). The number of nitrogens with one attached hydrogen (secondary N) is 1. The molecular weight excluding hydrogens is 649 g/mol. The smallest absolute Gasteiger partial charge is 0.249 e. The van der Waals surface area contributed by atoms with Crippen LogP contribution < -0.4 is 20.7 Å². The number of aromatic nitrogens is 3. The molecule has 5 heterocycles. The number of nitrogens with two attached hydrogens (primary N) is 1. The van der Waals surface area contributed by atoms with Crippen LogP contribution in [0.1, 0.15) is 74.3 Å². The number of aromatic hydroxyl groups is 1. The number of rotatable bonds is 6. The van der Waals surface area contributed by atoms with Gasteiger partial charge < -0.3 is 25.4 Å². The van der Waals surface area contributed by atoms with E-state index in [2.05, 4.69) is 42.4 Å². The molecule has 1 saturated carbocycles. The zero-order chi connectivity index (χ0) is 35.1. The third-order valence-electron chi connectivity index (χ3n) is 11.3. The van der Waals surface area contributed by atoms with Gasteiger partial charge in [-0.1, -0.05) is 24.3 Å². The number of amides is 2. The third-order valence-corrected chi connectivity index (χ3v) is 11.3. The highest BCUT2D eigenvalue weighted by Crippen LogP contribution is 2.46. The number of para-hydroxylation sites is 2. The van der Waals surface area contributed by atoms with Gasteiger partial charge in [0.1, 0.15) is 29.8 Å². The Hall–Kier alpha value is -5.10. The Morgan fingerprint density at radius 1 is 0.863 bits per heavy atom. The number of hydrogen-bond acceptors (Lipinski definition) is 10. The van der Waals surface area contributed by atoms with Gasteiger partial charge >= 0.3 is 0 Å². The normalized spacial score (nSPS) is 23.0. The standard InChI is InChI=1S/C39H42FN7O4/c40-35-26(14-17-42-36(35)29-22-30(44-45-38(29)41)28-4-1-2-7-33(28)48)24-15-18-46(19-16-24)25-10-8-23(9-11-25)27-5-3-6-31-37(27)51-21-20-47(31)32-12-13-34(49)43-39(32)50/h1-7,14,17,22-25,32,48H,8-13,15-16,18-21H2,(H2,41,45)(H,43,49,50)/t23-,25-,32-/m1/s1. The van der Waals surface area contributed by atoms with Gasteiger partial charge in [-0.15, -0.1) is 10.2 Å².